The van der Waals surface area contributed by atoms with Gasteiger partial charge in [0.25, 0.3) is 0 Å². The van der Waals surface area contributed by atoms with Crippen molar-refractivity contribution in [2.24, 2.45) is 5.92 Å². The Morgan fingerprint density at radius 1 is 1.80 bits per heavy atom. The van der Waals surface area contributed by atoms with E-state index >= 15 is 0 Å². The number of hydrogen-bond donors (Lipinski definition) is 1. The van der Waals surface area contributed by atoms with Crippen molar-refractivity contribution in [2.75, 3.05) is 0 Å². The lowest BCUT2D eigenvalue weighted by atomic mass is 10.0. The predicted molar refractivity (Wildman–Crippen MR) is 39.5 cm³/mol. The number of aliphatic hydroxyl groups is 1. The summed E-state index contributed by atoms with van der Waals surface area (Å²) in [5.41, 5.74) is 0. The molecule has 2 heteroatoms. The molecule has 0 amide bonds. The van der Waals surface area contributed by atoms with Gasteiger partial charge >= 0.3 is 0 Å². The first-order valence-electron chi connectivity index (χ1n) is 3.68. The second kappa shape index (κ2) is 3.17. The fraction of sp³-hybridized carbons (Fsp3) is 0.750. The minimum absolute atomic E-state index is 0.208. The van der Waals surface area contributed by atoms with E-state index in [-0.39, 0.29) is 12.0 Å². The third kappa shape index (κ3) is 1.58. The van der Waals surface area contributed by atoms with Gasteiger partial charge in [0.1, 0.15) is 0 Å². The van der Waals surface area contributed by atoms with Crippen LogP contribution in [-0.4, -0.2) is 17.5 Å². The largest absolute Gasteiger partial charge is 0.368 e. The molecular weight excluding hydrogens is 128 g/mol. The van der Waals surface area contributed by atoms with Crippen LogP contribution >= 0.6 is 0 Å². The molecule has 0 bridgehead atoms. The van der Waals surface area contributed by atoms with Crippen molar-refractivity contribution in [1.29, 1.82) is 0 Å². The zero-order valence-corrected chi connectivity index (χ0v) is 6.29. The summed E-state index contributed by atoms with van der Waals surface area (Å²) in [6, 6.07) is 0. The van der Waals surface area contributed by atoms with E-state index < -0.39 is 6.29 Å². The summed E-state index contributed by atoms with van der Waals surface area (Å²) in [7, 11) is 0. The molecule has 1 aliphatic heterocycles. The third-order valence-corrected chi connectivity index (χ3v) is 1.88. The van der Waals surface area contributed by atoms with E-state index in [4.69, 9.17) is 4.74 Å². The third-order valence-electron chi connectivity index (χ3n) is 1.88. The van der Waals surface area contributed by atoms with Crippen LogP contribution in [0.4, 0.5) is 0 Å². The van der Waals surface area contributed by atoms with E-state index in [1.54, 1.807) is 0 Å². The highest BCUT2D eigenvalue weighted by molar-refractivity contribution is 4.80. The maximum atomic E-state index is 9.22. The van der Waals surface area contributed by atoms with Crippen LogP contribution in [0.15, 0.2) is 12.7 Å². The Labute approximate surface area is 61.5 Å². The fourth-order valence-electron chi connectivity index (χ4n) is 1.37. The summed E-state index contributed by atoms with van der Waals surface area (Å²) in [5.74, 6) is 0.271. The van der Waals surface area contributed by atoms with E-state index in [2.05, 4.69) is 6.58 Å². The van der Waals surface area contributed by atoms with Crippen molar-refractivity contribution in [1.82, 2.24) is 0 Å². The molecule has 1 rings (SSSR count). The molecule has 0 aromatic heterocycles. The summed E-state index contributed by atoms with van der Waals surface area (Å²) in [4.78, 5) is 0. The monoisotopic (exact) mass is 142 g/mol. The van der Waals surface area contributed by atoms with Crippen molar-refractivity contribution >= 4 is 0 Å². The lowest BCUT2D eigenvalue weighted by molar-refractivity contribution is -0.103. The minimum atomic E-state index is -0.562. The van der Waals surface area contributed by atoms with Crippen molar-refractivity contribution in [2.45, 2.75) is 32.2 Å². The van der Waals surface area contributed by atoms with Crippen LogP contribution < -0.4 is 0 Å². The molecule has 1 saturated heterocycles. The second-order valence-electron chi connectivity index (χ2n) is 2.86. The molecule has 0 aliphatic carbocycles. The van der Waals surface area contributed by atoms with E-state index in [0.29, 0.717) is 0 Å². The summed E-state index contributed by atoms with van der Waals surface area (Å²) >= 11 is 0. The molecule has 1 aliphatic rings. The van der Waals surface area contributed by atoms with Crippen LogP contribution in [0.2, 0.25) is 0 Å². The number of ether oxygens (including phenoxy) is 1. The Balaban J connectivity index is 2.38. The first-order valence-corrected chi connectivity index (χ1v) is 3.68. The molecule has 0 spiro atoms. The molecule has 0 saturated carbocycles. The van der Waals surface area contributed by atoms with Gasteiger partial charge in [-0.25, -0.2) is 0 Å². The topological polar surface area (TPSA) is 29.5 Å². The van der Waals surface area contributed by atoms with Crippen molar-refractivity contribution in [3.05, 3.63) is 12.7 Å². The summed E-state index contributed by atoms with van der Waals surface area (Å²) in [5, 5.41) is 9.22. The van der Waals surface area contributed by atoms with Gasteiger partial charge < -0.3 is 9.84 Å². The van der Waals surface area contributed by atoms with Gasteiger partial charge in [-0.2, -0.15) is 0 Å². The SMILES string of the molecule is C=CC[C@H]1C[C@H](C)OC1O. The highest BCUT2D eigenvalue weighted by atomic mass is 16.6. The van der Waals surface area contributed by atoms with Gasteiger partial charge in [0.15, 0.2) is 6.29 Å². The van der Waals surface area contributed by atoms with E-state index in [0.717, 1.165) is 12.8 Å². The smallest absolute Gasteiger partial charge is 0.158 e. The number of rotatable bonds is 2. The van der Waals surface area contributed by atoms with Crippen LogP contribution in [0.1, 0.15) is 19.8 Å². The zero-order chi connectivity index (χ0) is 7.56. The average Bonchev–Trinajstić information content (AvgIpc) is 2.13. The lowest BCUT2D eigenvalue weighted by Gasteiger charge is -2.08. The maximum Gasteiger partial charge on any atom is 0.158 e. The Morgan fingerprint density at radius 2 is 2.50 bits per heavy atom. The molecule has 0 radical (unpaired) electrons. The van der Waals surface area contributed by atoms with Crippen LogP contribution in [0, 0.1) is 5.92 Å². The first kappa shape index (κ1) is 7.76. The quantitative estimate of drug-likeness (QED) is 0.589. The Morgan fingerprint density at radius 3 is 2.90 bits per heavy atom. The molecule has 0 aromatic carbocycles. The Hall–Kier alpha value is -0.340. The molecule has 10 heavy (non-hydrogen) atoms. The van der Waals surface area contributed by atoms with E-state index in [1.807, 2.05) is 13.0 Å². The second-order valence-corrected chi connectivity index (χ2v) is 2.86. The van der Waals surface area contributed by atoms with Gasteiger partial charge in [0.2, 0.25) is 0 Å². The number of aliphatic hydroxyl groups excluding tert-OH is 1. The molecular formula is C8H14O2. The van der Waals surface area contributed by atoms with Crippen LogP contribution in [-0.2, 0) is 4.74 Å². The molecule has 1 unspecified atom stereocenters. The average molecular weight is 142 g/mol. The van der Waals surface area contributed by atoms with Gasteiger partial charge in [-0.1, -0.05) is 6.08 Å². The first-order chi connectivity index (χ1) is 4.74. The van der Waals surface area contributed by atoms with Crippen LogP contribution in [0.25, 0.3) is 0 Å². The molecule has 58 valence electrons. The summed E-state index contributed by atoms with van der Waals surface area (Å²) in [6.45, 7) is 5.60. The lowest BCUT2D eigenvalue weighted by Crippen LogP contribution is -2.13. The Kier molecular flexibility index (Phi) is 2.46. The van der Waals surface area contributed by atoms with Gasteiger partial charge in [-0.05, 0) is 19.8 Å². The highest BCUT2D eigenvalue weighted by Gasteiger charge is 2.29. The maximum absolute atomic E-state index is 9.22. The summed E-state index contributed by atoms with van der Waals surface area (Å²) in [6.07, 6.45) is 3.28. The molecule has 0 aromatic rings. The molecule has 1 fully saturated rings. The standard InChI is InChI=1S/C8H14O2/c1-3-4-7-5-6(2)10-8(7)9/h3,6-9H,1,4-5H2,2H3/t6-,7-,8?/m0/s1. The fourth-order valence-corrected chi connectivity index (χ4v) is 1.37. The van der Waals surface area contributed by atoms with Gasteiger partial charge in [-0.3, -0.25) is 0 Å². The molecule has 1 N–H and O–H groups in total. The highest BCUT2D eigenvalue weighted by Crippen LogP contribution is 2.27. The minimum Gasteiger partial charge on any atom is -0.368 e. The van der Waals surface area contributed by atoms with Gasteiger partial charge in [-0.15, -0.1) is 6.58 Å². The molecule has 1 heterocycles. The number of allylic oxidation sites excluding steroid dienone is 1. The van der Waals surface area contributed by atoms with Gasteiger partial charge in [0.05, 0.1) is 6.10 Å². The molecule has 2 nitrogen and oxygen atoms in total. The van der Waals surface area contributed by atoms with Crippen LogP contribution in [0.3, 0.4) is 0 Å². The van der Waals surface area contributed by atoms with Crippen molar-refractivity contribution in [3.63, 3.8) is 0 Å². The van der Waals surface area contributed by atoms with Gasteiger partial charge in [0, 0.05) is 5.92 Å². The summed E-state index contributed by atoms with van der Waals surface area (Å²) < 4.78 is 5.13. The van der Waals surface area contributed by atoms with E-state index in [9.17, 15) is 5.11 Å². The van der Waals surface area contributed by atoms with Crippen molar-refractivity contribution < 1.29 is 9.84 Å². The molecule has 3 atom stereocenters. The number of hydrogen-bond acceptors (Lipinski definition) is 2. The van der Waals surface area contributed by atoms with E-state index in [1.165, 1.54) is 0 Å². The Bertz CT molecular complexity index is 122. The zero-order valence-electron chi connectivity index (χ0n) is 6.29. The van der Waals surface area contributed by atoms with Crippen LogP contribution in [0.5, 0.6) is 0 Å². The van der Waals surface area contributed by atoms with Crippen molar-refractivity contribution in [3.8, 4) is 0 Å². The predicted octanol–water partition coefficient (Wildman–Crippen LogP) is 1.31. The normalized spacial score (nSPS) is 40.0.